The molecule has 2 aromatic carbocycles. The molecule has 0 saturated carbocycles. The van der Waals surface area contributed by atoms with Crippen molar-refractivity contribution in [3.63, 3.8) is 0 Å². The Kier molecular flexibility index (Phi) is 6.76. The zero-order valence-corrected chi connectivity index (χ0v) is 21.5. The molecule has 1 saturated heterocycles. The predicted molar refractivity (Wildman–Crippen MR) is 143 cm³/mol. The van der Waals surface area contributed by atoms with Gasteiger partial charge in [0.1, 0.15) is 13.7 Å². The van der Waals surface area contributed by atoms with Gasteiger partial charge in [-0.2, -0.15) is 13.9 Å². The highest BCUT2D eigenvalue weighted by atomic mass is 35.5. The Morgan fingerprint density at radius 3 is 2.66 bits per heavy atom. The van der Waals surface area contributed by atoms with Crippen LogP contribution in [-0.4, -0.2) is 54.8 Å². The third-order valence-corrected chi connectivity index (χ3v) is 8.76. The molecule has 0 radical (unpaired) electrons. The Labute approximate surface area is 215 Å². The van der Waals surface area contributed by atoms with E-state index in [9.17, 15) is 8.42 Å². The van der Waals surface area contributed by atoms with E-state index >= 15 is 0 Å². The number of aromatic nitrogens is 3. The van der Waals surface area contributed by atoms with E-state index < -0.39 is 10.0 Å². The van der Waals surface area contributed by atoms with Gasteiger partial charge in [-0.1, -0.05) is 41.4 Å². The van der Waals surface area contributed by atoms with Crippen molar-refractivity contribution in [2.45, 2.75) is 17.7 Å². The summed E-state index contributed by atoms with van der Waals surface area (Å²) in [6.45, 7) is 1.56. The summed E-state index contributed by atoms with van der Waals surface area (Å²) >= 11 is 12.4. The summed E-state index contributed by atoms with van der Waals surface area (Å²) in [4.78, 5) is 5.05. The van der Waals surface area contributed by atoms with Crippen LogP contribution in [0.4, 0.5) is 5.82 Å². The Balaban J connectivity index is 1.37. The van der Waals surface area contributed by atoms with Gasteiger partial charge in [0.15, 0.2) is 5.65 Å². The second-order valence-electron chi connectivity index (χ2n) is 8.78. The van der Waals surface area contributed by atoms with Crippen LogP contribution in [0.2, 0.25) is 10.0 Å². The number of hydrogen-bond acceptors (Lipinski definition) is 5. The van der Waals surface area contributed by atoms with E-state index in [1.807, 2.05) is 38.2 Å². The average Bonchev–Trinajstić information content (AvgIpc) is 3.24. The summed E-state index contributed by atoms with van der Waals surface area (Å²) in [6, 6.07) is 15.9. The average molecular weight is 528 g/mol. The number of nitrogens with zero attached hydrogens (tertiary/aromatic N) is 4. The van der Waals surface area contributed by atoms with E-state index in [1.165, 1.54) is 0 Å². The van der Waals surface area contributed by atoms with Crippen LogP contribution in [0.15, 0.2) is 65.7 Å². The summed E-state index contributed by atoms with van der Waals surface area (Å²) in [5, 5.41) is 9.12. The summed E-state index contributed by atoms with van der Waals surface area (Å²) in [5.41, 5.74) is 3.31. The first-order valence-electron chi connectivity index (χ1n) is 11.4. The molecule has 35 heavy (non-hydrogen) atoms. The van der Waals surface area contributed by atoms with Crippen molar-refractivity contribution in [1.82, 2.24) is 18.9 Å². The van der Waals surface area contributed by atoms with Gasteiger partial charge >= 0.3 is 0 Å². The van der Waals surface area contributed by atoms with Gasteiger partial charge in [0.05, 0.1) is 10.6 Å². The maximum atomic E-state index is 13.2. The van der Waals surface area contributed by atoms with Gasteiger partial charge < -0.3 is 5.32 Å². The maximum absolute atomic E-state index is 13.2. The molecule has 180 valence electrons. The lowest BCUT2D eigenvalue weighted by molar-refractivity contribution is 0.275. The fourth-order valence-corrected chi connectivity index (χ4v) is 6.34. The lowest BCUT2D eigenvalue weighted by Gasteiger charge is -2.32. The number of hydrogen-bond donors (Lipinski definition) is 1. The van der Waals surface area contributed by atoms with E-state index in [2.05, 4.69) is 10.4 Å². The first kappa shape index (κ1) is 24.1. The van der Waals surface area contributed by atoms with Crippen LogP contribution in [-0.2, 0) is 10.0 Å². The minimum Gasteiger partial charge on any atom is -0.370 e. The minimum absolute atomic E-state index is 0.148. The molecule has 0 aliphatic carbocycles. The highest BCUT2D eigenvalue weighted by Gasteiger charge is 2.30. The molecule has 11 heteroatoms. The molecular weight excluding hydrogens is 504 g/mol. The third kappa shape index (κ3) is 4.91. The number of anilines is 1. The first-order valence-corrected chi connectivity index (χ1v) is 13.6. The van der Waals surface area contributed by atoms with Crippen LogP contribution >= 0.6 is 23.2 Å². The van der Waals surface area contributed by atoms with Crippen molar-refractivity contribution in [2.75, 3.05) is 25.0 Å². The van der Waals surface area contributed by atoms with Crippen LogP contribution in [0, 0.1) is 5.92 Å². The summed E-state index contributed by atoms with van der Waals surface area (Å²) < 4.78 is 29.7. The molecule has 3 heterocycles. The smallest absolute Gasteiger partial charge is 0.243 e. The number of fused-ring (bicyclic) bond motifs is 1. The zero-order valence-electron chi connectivity index (χ0n) is 19.2. The molecule has 2 aromatic heterocycles. The molecule has 0 amide bonds. The summed E-state index contributed by atoms with van der Waals surface area (Å²) in [5.74, 6) is 0.935. The van der Waals surface area contributed by atoms with Crippen molar-refractivity contribution in [3.8, 4) is 11.3 Å². The Hall–Kier alpha value is -2.59. The standard InChI is InChI=1S/C24H24BCl2N5O2S/c25-20-14-29-32-23(12-22(30-24(20)32)19-5-1-2-6-21(19)27)28-13-16-4-3-11-31(15-16)35(33,34)18-9-7-17(26)8-10-18/h1-2,5-10,12,14,16,28H,3-4,11,13,15,25H2. The van der Waals surface area contributed by atoms with Crippen LogP contribution in [0.1, 0.15) is 12.8 Å². The molecule has 1 aliphatic rings. The number of nitrogens with one attached hydrogen (secondary N) is 1. The van der Waals surface area contributed by atoms with Crippen molar-refractivity contribution in [1.29, 1.82) is 0 Å². The molecule has 5 rings (SSSR count). The molecule has 0 spiro atoms. The number of halogens is 2. The van der Waals surface area contributed by atoms with Crippen molar-refractivity contribution < 1.29 is 8.42 Å². The van der Waals surface area contributed by atoms with Gasteiger partial charge in [-0.25, -0.2) is 13.4 Å². The quantitative estimate of drug-likeness (QED) is 0.388. The van der Waals surface area contributed by atoms with Gasteiger partial charge in [0, 0.05) is 47.5 Å². The molecule has 1 N–H and O–H groups in total. The molecular formula is C24H24BCl2N5O2S. The lowest BCUT2D eigenvalue weighted by atomic mass is 9.99. The second kappa shape index (κ2) is 9.81. The van der Waals surface area contributed by atoms with Crippen LogP contribution in [0.25, 0.3) is 16.9 Å². The van der Waals surface area contributed by atoms with Gasteiger partial charge in [0.25, 0.3) is 0 Å². The molecule has 1 atom stereocenters. The molecule has 4 aromatic rings. The maximum Gasteiger partial charge on any atom is 0.243 e. The fraction of sp³-hybridized carbons (Fsp3) is 0.250. The van der Waals surface area contributed by atoms with Crippen molar-refractivity contribution >= 4 is 58.0 Å². The topological polar surface area (TPSA) is 79.6 Å². The summed E-state index contributed by atoms with van der Waals surface area (Å²) in [6.07, 6.45) is 3.52. The van der Waals surface area contributed by atoms with E-state index in [0.717, 1.165) is 41.0 Å². The van der Waals surface area contributed by atoms with Crippen molar-refractivity contribution in [3.05, 3.63) is 70.8 Å². The van der Waals surface area contributed by atoms with Gasteiger partial charge in [-0.05, 0) is 54.6 Å². The Morgan fingerprint density at radius 2 is 1.89 bits per heavy atom. The van der Waals surface area contributed by atoms with E-state index in [1.54, 1.807) is 39.3 Å². The van der Waals surface area contributed by atoms with Crippen LogP contribution in [0.5, 0.6) is 0 Å². The van der Waals surface area contributed by atoms with E-state index in [-0.39, 0.29) is 10.8 Å². The minimum atomic E-state index is -3.57. The monoisotopic (exact) mass is 527 g/mol. The molecule has 7 nitrogen and oxygen atoms in total. The Bertz CT molecular complexity index is 1480. The normalized spacial score (nSPS) is 17.0. The third-order valence-electron chi connectivity index (χ3n) is 6.30. The predicted octanol–water partition coefficient (Wildman–Crippen LogP) is 3.47. The second-order valence-corrected chi connectivity index (χ2v) is 11.6. The molecule has 1 fully saturated rings. The molecule has 1 aliphatic heterocycles. The first-order chi connectivity index (χ1) is 16.8. The van der Waals surface area contributed by atoms with Crippen LogP contribution < -0.4 is 10.8 Å². The highest BCUT2D eigenvalue weighted by molar-refractivity contribution is 7.89. The van der Waals surface area contributed by atoms with E-state index in [4.69, 9.17) is 28.2 Å². The largest absolute Gasteiger partial charge is 0.370 e. The fourth-order valence-electron chi connectivity index (χ4n) is 4.42. The number of sulfonamides is 1. The summed E-state index contributed by atoms with van der Waals surface area (Å²) in [7, 11) is -1.60. The van der Waals surface area contributed by atoms with Gasteiger partial charge in [-0.15, -0.1) is 0 Å². The van der Waals surface area contributed by atoms with Gasteiger partial charge in [-0.3, -0.25) is 0 Å². The number of benzene rings is 2. The molecule has 0 bridgehead atoms. The highest BCUT2D eigenvalue weighted by Crippen LogP contribution is 2.29. The Morgan fingerprint density at radius 1 is 1.11 bits per heavy atom. The van der Waals surface area contributed by atoms with Crippen molar-refractivity contribution in [2.24, 2.45) is 5.92 Å². The van der Waals surface area contributed by atoms with Gasteiger partial charge in [0.2, 0.25) is 10.0 Å². The zero-order chi connectivity index (χ0) is 24.6. The van der Waals surface area contributed by atoms with E-state index in [0.29, 0.717) is 29.7 Å². The SMILES string of the molecule is Bc1cnn2c(NCC3CCCN(S(=O)(=O)c4ccc(Cl)cc4)C3)cc(-c3ccccc3Cl)nc12. The number of rotatable bonds is 6. The lowest BCUT2D eigenvalue weighted by Crippen LogP contribution is -2.41. The van der Waals surface area contributed by atoms with Crippen LogP contribution in [0.3, 0.4) is 0 Å². The molecule has 1 unspecified atom stereocenters. The number of piperidine rings is 1.